The minimum Gasteiger partial charge on any atom is -0.462 e. The maximum Gasteiger partial charge on any atom is 0.472 e. The topological polar surface area (TPSA) is 237 Å². The monoisotopic (exact) mass is 1550 g/mol. The first kappa shape index (κ1) is 104. The molecule has 0 aliphatic carbocycles. The van der Waals surface area contributed by atoms with Crippen LogP contribution >= 0.6 is 15.6 Å². The van der Waals surface area contributed by atoms with Gasteiger partial charge in [0.1, 0.15) is 19.3 Å². The zero-order valence-corrected chi connectivity index (χ0v) is 71.9. The number of hydrogen-bond donors (Lipinski definition) is 3. The van der Waals surface area contributed by atoms with E-state index < -0.39 is 97.5 Å². The van der Waals surface area contributed by atoms with Crippen molar-refractivity contribution in [1.29, 1.82) is 0 Å². The molecule has 0 saturated heterocycles. The first-order valence-corrected chi connectivity index (χ1v) is 47.8. The Morgan fingerprint density at radius 1 is 0.264 bits per heavy atom. The SMILES string of the molecule is CCC(C)CCCCCCCCCCCCCCCCCCCCC(=O)OC[C@H](COP(=O)(O)OC[C@@H](O)COP(=O)(O)OC[C@@H](COC(=O)CCCCCCCCC(C)CC)OC(=O)CCCCCCCCCCCCCCCC(C)C)OC(=O)CCCCCCCCCCCCCCCCCC(C)C. The van der Waals surface area contributed by atoms with Crippen LogP contribution < -0.4 is 0 Å². The summed E-state index contributed by atoms with van der Waals surface area (Å²) in [7, 11) is -9.93. The van der Waals surface area contributed by atoms with Gasteiger partial charge in [0.05, 0.1) is 26.4 Å². The second-order valence-electron chi connectivity index (χ2n) is 32.7. The van der Waals surface area contributed by atoms with E-state index in [0.29, 0.717) is 25.7 Å². The molecule has 630 valence electrons. The molecule has 0 rings (SSSR count). The summed E-state index contributed by atoms with van der Waals surface area (Å²) < 4.78 is 68.9. The Morgan fingerprint density at radius 3 is 0.670 bits per heavy atom. The van der Waals surface area contributed by atoms with E-state index in [-0.39, 0.29) is 25.7 Å². The maximum absolute atomic E-state index is 13.2. The Hall–Kier alpha value is -1.94. The van der Waals surface area contributed by atoms with Crippen molar-refractivity contribution < 1.29 is 80.2 Å². The molecule has 4 unspecified atom stereocenters. The van der Waals surface area contributed by atoms with Crippen molar-refractivity contribution in [1.82, 2.24) is 0 Å². The normalized spacial score (nSPS) is 14.4. The lowest BCUT2D eigenvalue weighted by Gasteiger charge is -2.21. The van der Waals surface area contributed by atoms with E-state index in [1.54, 1.807) is 0 Å². The molecule has 17 nitrogen and oxygen atoms in total. The third-order valence-electron chi connectivity index (χ3n) is 21.0. The highest BCUT2D eigenvalue weighted by Gasteiger charge is 2.31. The van der Waals surface area contributed by atoms with Gasteiger partial charge in [-0.15, -0.1) is 0 Å². The average molecular weight is 1550 g/mol. The highest BCUT2D eigenvalue weighted by atomic mass is 31.2. The van der Waals surface area contributed by atoms with Gasteiger partial charge in [-0.2, -0.15) is 0 Å². The second-order valence-corrected chi connectivity index (χ2v) is 35.6. The van der Waals surface area contributed by atoms with Crippen LogP contribution in [0.3, 0.4) is 0 Å². The van der Waals surface area contributed by atoms with Gasteiger partial charge in [0.2, 0.25) is 0 Å². The van der Waals surface area contributed by atoms with Gasteiger partial charge in [-0.05, 0) is 49.4 Å². The zero-order valence-electron chi connectivity index (χ0n) is 70.1. The van der Waals surface area contributed by atoms with Crippen LogP contribution in [0.4, 0.5) is 0 Å². The molecule has 0 amide bonds. The summed E-state index contributed by atoms with van der Waals surface area (Å²) >= 11 is 0. The van der Waals surface area contributed by atoms with Crippen LogP contribution in [0.2, 0.25) is 0 Å². The number of aliphatic hydroxyl groups is 1. The van der Waals surface area contributed by atoms with E-state index in [0.717, 1.165) is 120 Å². The zero-order chi connectivity index (χ0) is 78.1. The summed E-state index contributed by atoms with van der Waals surface area (Å²) in [6, 6.07) is 0. The summed E-state index contributed by atoms with van der Waals surface area (Å²) in [6.07, 6.45) is 65.3. The lowest BCUT2D eigenvalue weighted by molar-refractivity contribution is -0.161. The number of carbonyl (C=O) groups excluding carboxylic acids is 4. The Kier molecular flexibility index (Phi) is 74.3. The summed E-state index contributed by atoms with van der Waals surface area (Å²) in [4.78, 5) is 73.2. The average Bonchev–Trinajstić information content (AvgIpc) is 0.889. The van der Waals surface area contributed by atoms with Crippen molar-refractivity contribution >= 4 is 39.5 Å². The van der Waals surface area contributed by atoms with Gasteiger partial charge >= 0.3 is 39.5 Å². The molecule has 0 heterocycles. The fourth-order valence-electron chi connectivity index (χ4n) is 13.4. The van der Waals surface area contributed by atoms with Crippen molar-refractivity contribution in [3.05, 3.63) is 0 Å². The van der Waals surface area contributed by atoms with Gasteiger partial charge in [0, 0.05) is 25.7 Å². The second kappa shape index (κ2) is 75.7. The lowest BCUT2D eigenvalue weighted by atomic mass is 9.99. The lowest BCUT2D eigenvalue weighted by Crippen LogP contribution is -2.30. The molecule has 0 aromatic rings. The Labute approximate surface area is 651 Å². The third kappa shape index (κ3) is 77.4. The number of carbonyl (C=O) groups is 4. The predicted molar refractivity (Wildman–Crippen MR) is 437 cm³/mol. The predicted octanol–water partition coefficient (Wildman–Crippen LogP) is 26.3. The number of aliphatic hydroxyl groups excluding tert-OH is 1. The molecule has 0 saturated carbocycles. The van der Waals surface area contributed by atoms with Crippen LogP contribution in [-0.2, 0) is 65.4 Å². The molecular formula is C87H170O17P2. The van der Waals surface area contributed by atoms with Crippen LogP contribution in [0.25, 0.3) is 0 Å². The van der Waals surface area contributed by atoms with Gasteiger partial charge in [-0.25, -0.2) is 9.13 Å². The molecule has 0 radical (unpaired) electrons. The quantitative estimate of drug-likeness (QED) is 0.0222. The molecule has 3 N–H and O–H groups in total. The van der Waals surface area contributed by atoms with Crippen LogP contribution in [-0.4, -0.2) is 96.7 Å². The van der Waals surface area contributed by atoms with Crippen molar-refractivity contribution in [2.45, 2.75) is 472 Å². The molecule has 0 aromatic carbocycles. The minimum absolute atomic E-state index is 0.106. The van der Waals surface area contributed by atoms with E-state index in [1.165, 1.54) is 250 Å². The molecule has 0 spiro atoms. The molecule has 106 heavy (non-hydrogen) atoms. The van der Waals surface area contributed by atoms with Crippen molar-refractivity contribution in [3.63, 3.8) is 0 Å². The summed E-state index contributed by atoms with van der Waals surface area (Å²) in [5.74, 6) is 1.09. The van der Waals surface area contributed by atoms with E-state index in [4.69, 9.17) is 37.0 Å². The molecule has 0 aliphatic rings. The number of unbranched alkanes of at least 4 members (excludes halogenated alkanes) is 48. The first-order chi connectivity index (χ1) is 51.2. The minimum atomic E-state index is -4.97. The van der Waals surface area contributed by atoms with Crippen molar-refractivity contribution in [2.75, 3.05) is 39.6 Å². The third-order valence-corrected chi connectivity index (χ3v) is 22.9. The molecule has 0 fully saturated rings. The fourth-order valence-corrected chi connectivity index (χ4v) is 15.0. The first-order valence-electron chi connectivity index (χ1n) is 44.8. The van der Waals surface area contributed by atoms with E-state index in [2.05, 4.69) is 55.4 Å². The highest BCUT2D eigenvalue weighted by molar-refractivity contribution is 7.47. The van der Waals surface area contributed by atoms with Gasteiger partial charge in [0.25, 0.3) is 0 Å². The van der Waals surface area contributed by atoms with E-state index >= 15 is 0 Å². The van der Waals surface area contributed by atoms with Gasteiger partial charge in [-0.3, -0.25) is 37.3 Å². The van der Waals surface area contributed by atoms with E-state index in [9.17, 15) is 43.2 Å². The molecule has 0 aromatic heterocycles. The van der Waals surface area contributed by atoms with Gasteiger partial charge in [-0.1, -0.05) is 402 Å². The fraction of sp³-hybridized carbons (Fsp3) is 0.954. The Balaban J connectivity index is 5.22. The van der Waals surface area contributed by atoms with Crippen LogP contribution in [0, 0.1) is 23.7 Å². The maximum atomic E-state index is 13.2. The number of phosphoric ester groups is 2. The highest BCUT2D eigenvalue weighted by Crippen LogP contribution is 2.45. The van der Waals surface area contributed by atoms with Crippen molar-refractivity contribution in [2.24, 2.45) is 23.7 Å². The number of hydrogen-bond acceptors (Lipinski definition) is 15. The number of rotatable bonds is 84. The number of ether oxygens (including phenoxy) is 4. The molecule has 0 bridgehead atoms. The molecule has 0 aliphatic heterocycles. The Bertz CT molecular complexity index is 2060. The van der Waals surface area contributed by atoms with Crippen molar-refractivity contribution in [3.8, 4) is 0 Å². The molecule has 7 atom stereocenters. The standard InChI is InChI=1S/C87H170O17P2/c1-9-79(7)65-57-49-41-35-29-23-17-13-11-12-14-18-24-30-36-42-51-59-67-84(89)97-73-82(103-86(91)69-61-53-43-37-31-25-19-15-16-21-27-33-39-47-55-63-77(3)4)75-101-105(93,94)99-71-81(88)72-100-106(95,96)102-76-83(74-98-85(90)68-60-52-46-45-50-58-66-80(8)10-2)104-87(92)70-62-54-44-38-32-26-20-22-28-34-40-48-56-64-78(5)6/h77-83,88H,9-76H2,1-8H3,(H,93,94)(H,95,96)/t79?,80?,81-,82-,83-/m1/s1. The smallest absolute Gasteiger partial charge is 0.462 e. The summed E-state index contributed by atoms with van der Waals surface area (Å²) in [5, 5.41) is 10.7. The summed E-state index contributed by atoms with van der Waals surface area (Å²) in [6.45, 7) is 14.4. The van der Waals surface area contributed by atoms with Crippen LogP contribution in [0.5, 0.6) is 0 Å². The van der Waals surface area contributed by atoms with Gasteiger partial charge in [0.15, 0.2) is 12.2 Å². The van der Waals surface area contributed by atoms with E-state index in [1.807, 2.05) is 0 Å². The van der Waals surface area contributed by atoms with Crippen LogP contribution in [0.15, 0.2) is 0 Å². The summed E-state index contributed by atoms with van der Waals surface area (Å²) in [5.41, 5.74) is 0. The van der Waals surface area contributed by atoms with Gasteiger partial charge < -0.3 is 33.8 Å². The number of esters is 4. The Morgan fingerprint density at radius 2 is 0.453 bits per heavy atom. The molecular weight excluding hydrogens is 1380 g/mol. The largest absolute Gasteiger partial charge is 0.472 e. The number of phosphoric acid groups is 2. The molecule has 19 heteroatoms. The van der Waals surface area contributed by atoms with Crippen LogP contribution in [0.1, 0.15) is 453 Å².